The number of nitrogens with zero attached hydrogens (tertiary/aromatic N) is 2. The van der Waals surface area contributed by atoms with Crippen molar-refractivity contribution in [2.24, 2.45) is 0 Å². The van der Waals surface area contributed by atoms with Gasteiger partial charge in [-0.15, -0.1) is 0 Å². The van der Waals surface area contributed by atoms with Crippen LogP contribution in [0.5, 0.6) is 11.5 Å². The van der Waals surface area contributed by atoms with Crippen molar-refractivity contribution in [1.82, 2.24) is 0 Å². The van der Waals surface area contributed by atoms with E-state index in [2.05, 4.69) is 4.74 Å². The van der Waals surface area contributed by atoms with Crippen molar-refractivity contribution in [2.75, 3.05) is 25.8 Å². The molecule has 8 nitrogen and oxygen atoms in total. The highest BCUT2D eigenvalue weighted by Gasteiger charge is 2.31. The maximum atomic E-state index is 12.7. The van der Waals surface area contributed by atoms with Crippen molar-refractivity contribution >= 4 is 28.9 Å². The van der Waals surface area contributed by atoms with Crippen LogP contribution in [0.15, 0.2) is 36.4 Å². The molecular weight excluding hydrogens is 421 g/mol. The lowest BCUT2D eigenvalue weighted by molar-refractivity contribution is -0.384. The Kier molecular flexibility index (Phi) is 6.88. The van der Waals surface area contributed by atoms with Crippen LogP contribution in [0.2, 0.25) is 5.02 Å². The molecule has 0 amide bonds. The van der Waals surface area contributed by atoms with Crippen LogP contribution in [-0.2, 0) is 20.5 Å². The van der Waals surface area contributed by atoms with Gasteiger partial charge in [-0.25, -0.2) is 5.06 Å². The zero-order valence-corrected chi connectivity index (χ0v) is 15.8. The third-order valence-electron chi connectivity index (χ3n) is 3.62. The molecule has 0 atom stereocenters. The maximum Gasteiger partial charge on any atom is 0.416 e. The monoisotopic (exact) mass is 434 g/mol. The molecule has 0 aliphatic heterocycles. The van der Waals surface area contributed by atoms with E-state index in [0.717, 1.165) is 30.4 Å². The first kappa shape index (κ1) is 22.2. The molecule has 0 radical (unpaired) electrons. The average molecular weight is 435 g/mol. The van der Waals surface area contributed by atoms with E-state index in [4.69, 9.17) is 21.2 Å². The van der Waals surface area contributed by atoms with Gasteiger partial charge in [-0.05, 0) is 24.3 Å². The molecule has 12 heteroatoms. The fourth-order valence-corrected chi connectivity index (χ4v) is 2.46. The Balaban J connectivity index is 2.40. The van der Waals surface area contributed by atoms with Crippen molar-refractivity contribution in [3.63, 3.8) is 0 Å². The van der Waals surface area contributed by atoms with E-state index < -0.39 is 34.9 Å². The van der Waals surface area contributed by atoms with E-state index in [1.54, 1.807) is 0 Å². The van der Waals surface area contributed by atoms with Gasteiger partial charge in [0, 0.05) is 12.1 Å². The smallest absolute Gasteiger partial charge is 0.416 e. The number of alkyl halides is 3. The Bertz CT molecular complexity index is 923. The second-order valence-corrected chi connectivity index (χ2v) is 5.86. The van der Waals surface area contributed by atoms with Crippen LogP contribution in [-0.4, -0.2) is 31.7 Å². The number of hydrogen-bond donors (Lipinski definition) is 0. The van der Waals surface area contributed by atoms with Gasteiger partial charge in [-0.2, -0.15) is 13.2 Å². The maximum absolute atomic E-state index is 12.7. The summed E-state index contributed by atoms with van der Waals surface area (Å²) in [5, 5.41) is 11.9. The van der Waals surface area contributed by atoms with Crippen molar-refractivity contribution in [3.8, 4) is 11.5 Å². The third kappa shape index (κ3) is 5.48. The quantitative estimate of drug-likeness (QED) is 0.357. The highest BCUT2D eigenvalue weighted by atomic mass is 35.5. The van der Waals surface area contributed by atoms with E-state index in [0.29, 0.717) is 6.07 Å². The minimum absolute atomic E-state index is 0.0131. The molecule has 0 aliphatic rings. The fourth-order valence-electron chi connectivity index (χ4n) is 2.24. The Hall–Kier alpha value is -3.05. The minimum atomic E-state index is -4.57. The number of benzene rings is 2. The first-order valence-electron chi connectivity index (χ1n) is 7.78. The number of rotatable bonds is 7. The molecule has 0 fully saturated rings. The van der Waals surface area contributed by atoms with Gasteiger partial charge in [0.25, 0.3) is 5.69 Å². The van der Waals surface area contributed by atoms with Gasteiger partial charge in [0.2, 0.25) is 0 Å². The molecule has 0 spiro atoms. The molecule has 0 N–H and O–H groups in total. The Morgan fingerprint density at radius 2 is 1.90 bits per heavy atom. The number of esters is 1. The highest BCUT2D eigenvalue weighted by molar-refractivity contribution is 6.32. The van der Waals surface area contributed by atoms with E-state index in [-0.39, 0.29) is 22.2 Å². The van der Waals surface area contributed by atoms with Crippen LogP contribution in [0.4, 0.5) is 24.5 Å². The van der Waals surface area contributed by atoms with Crippen LogP contribution < -0.4 is 9.80 Å². The SMILES string of the molecule is COC(=O)CN(OC)c1cc(Oc2ccc(C(F)(F)F)cc2Cl)ccc1[N+](=O)[O-]. The van der Waals surface area contributed by atoms with Gasteiger partial charge in [-0.1, -0.05) is 11.6 Å². The van der Waals surface area contributed by atoms with Gasteiger partial charge in [-0.3, -0.25) is 19.7 Å². The molecule has 29 heavy (non-hydrogen) atoms. The normalized spacial score (nSPS) is 11.1. The third-order valence-corrected chi connectivity index (χ3v) is 3.92. The number of halogens is 4. The minimum Gasteiger partial charge on any atom is -0.468 e. The largest absolute Gasteiger partial charge is 0.468 e. The van der Waals surface area contributed by atoms with Crippen molar-refractivity contribution in [3.05, 3.63) is 57.1 Å². The van der Waals surface area contributed by atoms with Gasteiger partial charge >= 0.3 is 12.1 Å². The van der Waals surface area contributed by atoms with Gasteiger partial charge < -0.3 is 9.47 Å². The number of hydrogen-bond acceptors (Lipinski definition) is 7. The van der Waals surface area contributed by atoms with Crippen LogP contribution >= 0.6 is 11.6 Å². The molecule has 2 rings (SSSR count). The summed E-state index contributed by atoms with van der Waals surface area (Å²) < 4.78 is 48.2. The van der Waals surface area contributed by atoms with Gasteiger partial charge in [0.15, 0.2) is 0 Å². The predicted octanol–water partition coefficient (Wildman–Crippen LogP) is 4.60. The van der Waals surface area contributed by atoms with Crippen molar-refractivity contribution < 1.29 is 37.2 Å². The second kappa shape index (κ2) is 8.97. The number of ether oxygens (including phenoxy) is 2. The molecule has 0 aliphatic carbocycles. The molecule has 0 bridgehead atoms. The van der Waals surface area contributed by atoms with Crippen LogP contribution in [0.3, 0.4) is 0 Å². The number of nitro groups is 1. The molecular formula is C17H14ClF3N2O6. The lowest BCUT2D eigenvalue weighted by Crippen LogP contribution is -2.30. The van der Waals surface area contributed by atoms with Crippen LogP contribution in [0.1, 0.15) is 5.56 Å². The van der Waals surface area contributed by atoms with Crippen LogP contribution in [0.25, 0.3) is 0 Å². The van der Waals surface area contributed by atoms with E-state index >= 15 is 0 Å². The standard InChI is InChI=1S/C17H14ClF3N2O6/c1-27-16(24)9-22(28-2)14-8-11(4-5-13(14)23(25)26)29-15-6-3-10(7-12(15)18)17(19,20)21/h3-8H,9H2,1-2H3. The summed E-state index contributed by atoms with van der Waals surface area (Å²) in [7, 11) is 2.32. The Morgan fingerprint density at radius 1 is 1.21 bits per heavy atom. The van der Waals surface area contributed by atoms with Crippen molar-refractivity contribution in [2.45, 2.75) is 6.18 Å². The molecule has 2 aromatic rings. The number of carbonyl (C=O) groups is 1. The lowest BCUT2D eigenvalue weighted by atomic mass is 10.2. The number of carbonyl (C=O) groups excluding carboxylic acids is 1. The summed E-state index contributed by atoms with van der Waals surface area (Å²) in [6, 6.07) is 6.00. The van der Waals surface area contributed by atoms with Crippen molar-refractivity contribution in [1.29, 1.82) is 0 Å². The zero-order chi connectivity index (χ0) is 21.8. The summed E-state index contributed by atoms with van der Waals surface area (Å²) in [6.45, 7) is -0.460. The predicted molar refractivity (Wildman–Crippen MR) is 96.0 cm³/mol. The van der Waals surface area contributed by atoms with Crippen LogP contribution in [0, 0.1) is 10.1 Å². The van der Waals surface area contributed by atoms with Gasteiger partial charge in [0.05, 0.1) is 29.7 Å². The molecule has 2 aromatic carbocycles. The summed E-state index contributed by atoms with van der Waals surface area (Å²) in [4.78, 5) is 27.1. The molecule has 0 saturated heterocycles. The zero-order valence-electron chi connectivity index (χ0n) is 15.0. The number of anilines is 1. The van der Waals surface area contributed by atoms with E-state index in [1.807, 2.05) is 0 Å². The number of hydroxylamine groups is 1. The van der Waals surface area contributed by atoms with Gasteiger partial charge in [0.1, 0.15) is 23.7 Å². The Labute approximate surface area is 167 Å². The molecule has 0 unspecified atom stereocenters. The first-order valence-corrected chi connectivity index (χ1v) is 8.16. The van der Waals surface area contributed by atoms with E-state index in [1.165, 1.54) is 19.2 Å². The summed E-state index contributed by atoms with van der Waals surface area (Å²) in [5.74, 6) is -0.811. The van der Waals surface area contributed by atoms with E-state index in [9.17, 15) is 28.1 Å². The fraction of sp³-hybridized carbons (Fsp3) is 0.235. The summed E-state index contributed by atoms with van der Waals surface area (Å²) >= 11 is 5.85. The molecule has 0 aromatic heterocycles. The lowest BCUT2D eigenvalue weighted by Gasteiger charge is -2.21. The highest BCUT2D eigenvalue weighted by Crippen LogP contribution is 2.38. The molecule has 156 valence electrons. The first-order chi connectivity index (χ1) is 13.6. The summed E-state index contributed by atoms with van der Waals surface area (Å²) in [6.07, 6.45) is -4.57. The topological polar surface area (TPSA) is 91.1 Å². The average Bonchev–Trinajstić information content (AvgIpc) is 2.66. The molecule has 0 heterocycles. The number of nitro benzene ring substituents is 1. The number of methoxy groups -OCH3 is 1. The Morgan fingerprint density at radius 3 is 2.41 bits per heavy atom. The second-order valence-electron chi connectivity index (χ2n) is 5.45. The summed E-state index contributed by atoms with van der Waals surface area (Å²) in [5.41, 5.74) is -1.49. The molecule has 0 saturated carbocycles.